The first-order valence-electron chi connectivity index (χ1n) is 4.87. The molecule has 16 heavy (non-hydrogen) atoms. The Balaban J connectivity index is 2.31. The molecule has 0 saturated carbocycles. The van der Waals surface area contributed by atoms with E-state index in [0.717, 1.165) is 20.9 Å². The number of hydrogen-bond acceptors (Lipinski definition) is 4. The van der Waals surface area contributed by atoms with E-state index in [1.54, 1.807) is 18.4 Å². The number of aromatic nitrogens is 2. The summed E-state index contributed by atoms with van der Waals surface area (Å²) in [5.41, 5.74) is 1.79. The third kappa shape index (κ3) is 1.29. The topological polar surface area (TPSA) is 46.8 Å². The van der Waals surface area contributed by atoms with Gasteiger partial charge in [0.05, 0.1) is 29.6 Å². The van der Waals surface area contributed by atoms with E-state index in [1.165, 1.54) is 0 Å². The van der Waals surface area contributed by atoms with Crippen molar-refractivity contribution in [1.82, 2.24) is 9.38 Å². The molecule has 0 spiro atoms. The Morgan fingerprint density at radius 1 is 1.50 bits per heavy atom. The minimum Gasteiger partial charge on any atom is -0.497 e. The number of nitrogens with zero attached hydrogens (tertiary/aromatic N) is 2. The van der Waals surface area contributed by atoms with Crippen molar-refractivity contribution < 1.29 is 9.84 Å². The van der Waals surface area contributed by atoms with Gasteiger partial charge in [0.25, 0.3) is 0 Å². The molecule has 1 N–H and O–H groups in total. The summed E-state index contributed by atoms with van der Waals surface area (Å²) < 4.78 is 8.30. The zero-order chi connectivity index (χ0) is 11.1. The fraction of sp³-hybridized carbons (Fsp3) is 0.182. The van der Waals surface area contributed by atoms with Crippen molar-refractivity contribution in [2.45, 2.75) is 6.61 Å². The van der Waals surface area contributed by atoms with Gasteiger partial charge in [-0.2, -0.15) is 0 Å². The molecular weight excluding hydrogens is 224 g/mol. The standard InChI is InChI=1S/C11H10N2O2S/c1-15-8-2-3-9-10(4-8)16-11-12-7(6-14)5-13(9)11/h2-5,14H,6H2,1H3. The largest absolute Gasteiger partial charge is 0.497 e. The molecule has 0 aliphatic rings. The smallest absolute Gasteiger partial charge is 0.195 e. The second-order valence-electron chi connectivity index (χ2n) is 3.48. The van der Waals surface area contributed by atoms with Crippen LogP contribution in [0.3, 0.4) is 0 Å². The van der Waals surface area contributed by atoms with Crippen LogP contribution < -0.4 is 4.74 Å². The third-order valence-corrected chi connectivity index (χ3v) is 3.53. The SMILES string of the molecule is COc1ccc2c(c1)sc1nc(CO)cn12. The quantitative estimate of drug-likeness (QED) is 0.738. The molecule has 1 aromatic carbocycles. The number of ether oxygens (including phenoxy) is 1. The summed E-state index contributed by atoms with van der Waals surface area (Å²) in [6, 6.07) is 5.92. The molecule has 0 fully saturated rings. The number of hydrogen-bond donors (Lipinski definition) is 1. The molecular formula is C11H10N2O2S. The Morgan fingerprint density at radius 2 is 2.38 bits per heavy atom. The van der Waals surface area contributed by atoms with E-state index in [0.29, 0.717) is 5.69 Å². The molecule has 0 aliphatic carbocycles. The summed E-state index contributed by atoms with van der Waals surface area (Å²) in [6.07, 6.45) is 1.86. The van der Waals surface area contributed by atoms with Gasteiger partial charge in [-0.1, -0.05) is 11.3 Å². The monoisotopic (exact) mass is 234 g/mol. The average molecular weight is 234 g/mol. The normalized spacial score (nSPS) is 11.4. The fourth-order valence-corrected chi connectivity index (χ4v) is 2.79. The molecule has 3 rings (SSSR count). The Bertz CT molecular complexity index is 651. The van der Waals surface area contributed by atoms with E-state index in [1.807, 2.05) is 28.8 Å². The molecule has 0 bridgehead atoms. The van der Waals surface area contributed by atoms with Crippen LogP contribution in [-0.2, 0) is 6.61 Å². The van der Waals surface area contributed by atoms with Crippen LogP contribution >= 0.6 is 11.3 Å². The van der Waals surface area contributed by atoms with Crippen LogP contribution in [0, 0.1) is 0 Å². The number of benzene rings is 1. The lowest BCUT2D eigenvalue weighted by Gasteiger charge is -1.98. The van der Waals surface area contributed by atoms with Crippen LogP contribution in [0.5, 0.6) is 5.75 Å². The molecule has 0 saturated heterocycles. The van der Waals surface area contributed by atoms with Crippen molar-refractivity contribution in [1.29, 1.82) is 0 Å². The van der Waals surface area contributed by atoms with Crippen molar-refractivity contribution >= 4 is 26.5 Å². The van der Waals surface area contributed by atoms with Gasteiger partial charge in [0.2, 0.25) is 0 Å². The number of rotatable bonds is 2. The molecule has 4 nitrogen and oxygen atoms in total. The van der Waals surface area contributed by atoms with Crippen LogP contribution in [0.2, 0.25) is 0 Å². The van der Waals surface area contributed by atoms with E-state index >= 15 is 0 Å². The highest BCUT2D eigenvalue weighted by Gasteiger charge is 2.08. The molecule has 0 amide bonds. The van der Waals surface area contributed by atoms with Crippen LogP contribution in [0.15, 0.2) is 24.4 Å². The van der Waals surface area contributed by atoms with E-state index in [-0.39, 0.29) is 6.61 Å². The summed E-state index contributed by atoms with van der Waals surface area (Å²) in [5.74, 6) is 0.847. The molecule has 0 radical (unpaired) electrons. The number of thiazole rings is 1. The molecule has 0 aliphatic heterocycles. The maximum absolute atomic E-state index is 9.02. The van der Waals surface area contributed by atoms with Crippen molar-refractivity contribution in [2.75, 3.05) is 7.11 Å². The predicted octanol–water partition coefficient (Wildman–Crippen LogP) is 2.05. The van der Waals surface area contributed by atoms with E-state index in [4.69, 9.17) is 9.84 Å². The van der Waals surface area contributed by atoms with Crippen molar-refractivity contribution in [3.05, 3.63) is 30.1 Å². The Labute approximate surface area is 95.7 Å². The Kier molecular flexibility index (Phi) is 2.08. The maximum atomic E-state index is 9.02. The van der Waals surface area contributed by atoms with Crippen LogP contribution in [0.25, 0.3) is 15.2 Å². The minimum absolute atomic E-state index is 0.0218. The lowest BCUT2D eigenvalue weighted by molar-refractivity contribution is 0.277. The summed E-state index contributed by atoms with van der Waals surface area (Å²) in [5, 5.41) is 9.02. The van der Waals surface area contributed by atoms with Gasteiger partial charge in [0, 0.05) is 6.20 Å². The first kappa shape index (κ1) is 9.62. The highest BCUT2D eigenvalue weighted by molar-refractivity contribution is 7.23. The molecule has 2 heterocycles. The van der Waals surface area contributed by atoms with Gasteiger partial charge in [-0.3, -0.25) is 4.40 Å². The number of aliphatic hydroxyl groups excluding tert-OH is 1. The number of aliphatic hydroxyl groups is 1. The number of methoxy groups -OCH3 is 1. The van der Waals surface area contributed by atoms with E-state index in [2.05, 4.69) is 4.98 Å². The number of fused-ring (bicyclic) bond motifs is 3. The fourth-order valence-electron chi connectivity index (χ4n) is 1.73. The predicted molar refractivity (Wildman–Crippen MR) is 63.0 cm³/mol. The van der Waals surface area contributed by atoms with E-state index in [9.17, 15) is 0 Å². The second kappa shape index (κ2) is 3.47. The van der Waals surface area contributed by atoms with Gasteiger partial charge < -0.3 is 9.84 Å². The van der Waals surface area contributed by atoms with Gasteiger partial charge in [-0.25, -0.2) is 4.98 Å². The van der Waals surface area contributed by atoms with Gasteiger partial charge in [0.1, 0.15) is 5.75 Å². The first-order valence-corrected chi connectivity index (χ1v) is 5.69. The van der Waals surface area contributed by atoms with Crippen LogP contribution in [0.1, 0.15) is 5.69 Å². The zero-order valence-electron chi connectivity index (χ0n) is 8.67. The molecule has 2 aromatic heterocycles. The molecule has 5 heteroatoms. The summed E-state index contributed by atoms with van der Waals surface area (Å²) in [7, 11) is 1.66. The third-order valence-electron chi connectivity index (χ3n) is 2.51. The minimum atomic E-state index is -0.0218. The molecule has 82 valence electrons. The highest BCUT2D eigenvalue weighted by Crippen LogP contribution is 2.29. The Morgan fingerprint density at radius 3 is 3.12 bits per heavy atom. The van der Waals surface area contributed by atoms with Gasteiger partial charge >= 0.3 is 0 Å². The van der Waals surface area contributed by atoms with Gasteiger partial charge in [-0.05, 0) is 18.2 Å². The summed E-state index contributed by atoms with van der Waals surface area (Å²) in [4.78, 5) is 5.21. The van der Waals surface area contributed by atoms with Crippen molar-refractivity contribution in [2.24, 2.45) is 0 Å². The average Bonchev–Trinajstić information content (AvgIpc) is 2.84. The number of imidazole rings is 1. The zero-order valence-corrected chi connectivity index (χ0v) is 9.49. The second-order valence-corrected chi connectivity index (χ2v) is 4.49. The van der Waals surface area contributed by atoms with Gasteiger partial charge in [0.15, 0.2) is 4.96 Å². The van der Waals surface area contributed by atoms with Crippen LogP contribution in [-0.4, -0.2) is 21.6 Å². The Hall–Kier alpha value is -1.59. The van der Waals surface area contributed by atoms with Crippen molar-refractivity contribution in [3.63, 3.8) is 0 Å². The highest BCUT2D eigenvalue weighted by atomic mass is 32.1. The molecule has 0 unspecified atom stereocenters. The summed E-state index contributed by atoms with van der Waals surface area (Å²) >= 11 is 1.59. The van der Waals surface area contributed by atoms with E-state index < -0.39 is 0 Å². The van der Waals surface area contributed by atoms with Crippen molar-refractivity contribution in [3.8, 4) is 5.75 Å². The summed E-state index contributed by atoms with van der Waals surface area (Å²) in [6.45, 7) is -0.0218. The first-order chi connectivity index (χ1) is 7.81. The molecule has 0 atom stereocenters. The maximum Gasteiger partial charge on any atom is 0.195 e. The van der Waals surface area contributed by atoms with Crippen LogP contribution in [0.4, 0.5) is 0 Å². The lowest BCUT2D eigenvalue weighted by Crippen LogP contribution is -1.83. The van der Waals surface area contributed by atoms with Gasteiger partial charge in [-0.15, -0.1) is 0 Å². The lowest BCUT2D eigenvalue weighted by atomic mass is 10.3. The molecule has 3 aromatic rings.